The summed E-state index contributed by atoms with van der Waals surface area (Å²) in [7, 11) is 0. The number of para-hydroxylation sites is 2. The molecule has 3 heteroatoms. The van der Waals surface area contributed by atoms with E-state index in [4.69, 9.17) is 8.83 Å². The number of furan rings is 2. The van der Waals surface area contributed by atoms with Crippen molar-refractivity contribution in [1.29, 1.82) is 0 Å². The molecule has 0 bridgehead atoms. The minimum atomic E-state index is -0.337. The molecule has 0 saturated carbocycles. The fourth-order valence-corrected chi connectivity index (χ4v) is 14.0. The highest BCUT2D eigenvalue weighted by atomic mass is 16.3. The summed E-state index contributed by atoms with van der Waals surface area (Å²) in [5.41, 5.74) is 25.7. The van der Waals surface area contributed by atoms with Gasteiger partial charge in [-0.3, -0.25) is 0 Å². The lowest BCUT2D eigenvalue weighted by atomic mass is 9.72. The van der Waals surface area contributed by atoms with E-state index in [1.807, 2.05) is 0 Å². The molecule has 0 saturated heterocycles. The number of hydrogen-bond donors (Lipinski definition) is 0. The van der Waals surface area contributed by atoms with Crippen LogP contribution in [0.25, 0.3) is 99.2 Å². The highest BCUT2D eigenvalue weighted by Gasteiger charge is 2.49. The van der Waals surface area contributed by atoms with E-state index < -0.39 is 0 Å². The Kier molecular flexibility index (Phi) is 8.54. The molecule has 3 aliphatic rings. The first kappa shape index (κ1) is 43.4. The van der Waals surface area contributed by atoms with Crippen molar-refractivity contribution in [3.05, 3.63) is 221 Å². The van der Waals surface area contributed by atoms with Gasteiger partial charge in [-0.2, -0.15) is 0 Å². The Labute approximate surface area is 432 Å². The number of benzene rings is 10. The van der Waals surface area contributed by atoms with Crippen LogP contribution in [0.15, 0.2) is 191 Å². The summed E-state index contributed by atoms with van der Waals surface area (Å²) in [6, 6.07) is 68.0. The molecule has 3 nitrogen and oxygen atoms in total. The molecule has 0 aliphatic heterocycles. The van der Waals surface area contributed by atoms with Gasteiger partial charge in [0, 0.05) is 66.0 Å². The van der Waals surface area contributed by atoms with E-state index in [9.17, 15) is 0 Å². The lowest BCUT2D eigenvalue weighted by Crippen LogP contribution is -2.24. The molecule has 0 atom stereocenters. The summed E-state index contributed by atoms with van der Waals surface area (Å²) in [6.45, 7) is 21.4. The van der Waals surface area contributed by atoms with Gasteiger partial charge in [-0.05, 0) is 143 Å². The maximum Gasteiger partial charge on any atom is 0.144 e. The summed E-state index contributed by atoms with van der Waals surface area (Å²) < 4.78 is 13.9. The van der Waals surface area contributed by atoms with Crippen LogP contribution in [0.4, 0.5) is 17.1 Å². The van der Waals surface area contributed by atoms with Gasteiger partial charge in [-0.15, -0.1) is 0 Å². The van der Waals surface area contributed by atoms with Crippen molar-refractivity contribution in [2.75, 3.05) is 4.90 Å². The van der Waals surface area contributed by atoms with E-state index in [1.165, 1.54) is 105 Å². The molecule has 0 N–H and O–H groups in total. The van der Waals surface area contributed by atoms with Crippen molar-refractivity contribution < 1.29 is 8.83 Å². The Morgan fingerprint density at radius 1 is 0.378 bits per heavy atom. The molecule has 2 aromatic heterocycles. The minimum Gasteiger partial charge on any atom is -0.455 e. The quantitative estimate of drug-likeness (QED) is 0.176. The van der Waals surface area contributed by atoms with Crippen LogP contribution in [0.2, 0.25) is 0 Å². The van der Waals surface area contributed by atoms with E-state index >= 15 is 0 Å². The highest BCUT2D eigenvalue weighted by molar-refractivity contribution is 6.21. The van der Waals surface area contributed by atoms with E-state index in [2.05, 4.69) is 249 Å². The summed E-state index contributed by atoms with van der Waals surface area (Å²) in [4.78, 5) is 2.50. The normalized spacial score (nSPS) is 15.4. The van der Waals surface area contributed by atoms with Crippen LogP contribution < -0.4 is 4.90 Å². The number of fused-ring (bicyclic) bond motifs is 20. The highest BCUT2D eigenvalue weighted by Crippen LogP contribution is 2.64. The van der Waals surface area contributed by atoms with Gasteiger partial charge in [0.25, 0.3) is 0 Å². The average Bonchev–Trinajstić information content (AvgIpc) is 4.15. The van der Waals surface area contributed by atoms with Crippen molar-refractivity contribution in [3.63, 3.8) is 0 Å². The number of anilines is 3. The first-order valence-corrected chi connectivity index (χ1v) is 26.4. The molecule has 0 spiro atoms. The zero-order chi connectivity index (χ0) is 50.4. The fourth-order valence-electron chi connectivity index (χ4n) is 14.0. The van der Waals surface area contributed by atoms with Gasteiger partial charge in [0.15, 0.2) is 0 Å². The van der Waals surface area contributed by atoms with E-state index in [1.54, 1.807) is 0 Å². The second-order valence-electron chi connectivity index (χ2n) is 24.0. The van der Waals surface area contributed by atoms with Gasteiger partial charge in [0.1, 0.15) is 22.3 Å². The molecule has 0 radical (unpaired) electrons. The van der Waals surface area contributed by atoms with Crippen LogP contribution in [-0.4, -0.2) is 0 Å². The third-order valence-corrected chi connectivity index (χ3v) is 17.7. The molecule has 12 aromatic rings. The predicted octanol–water partition coefficient (Wildman–Crippen LogP) is 20.0. The van der Waals surface area contributed by atoms with E-state index in [0.717, 1.165) is 50.3 Å². The third-order valence-electron chi connectivity index (χ3n) is 17.7. The lowest BCUT2D eigenvalue weighted by molar-refractivity contribution is 0.590. The molecule has 3 aliphatic carbocycles. The Morgan fingerprint density at radius 2 is 0.892 bits per heavy atom. The molecule has 358 valence electrons. The lowest BCUT2D eigenvalue weighted by Gasteiger charge is -2.32. The molecule has 10 aromatic carbocycles. The second-order valence-corrected chi connectivity index (χ2v) is 24.0. The zero-order valence-electron chi connectivity index (χ0n) is 43.6. The smallest absolute Gasteiger partial charge is 0.144 e. The first-order chi connectivity index (χ1) is 35.6. The van der Waals surface area contributed by atoms with Gasteiger partial charge in [0.2, 0.25) is 0 Å². The average molecular weight is 956 g/mol. The van der Waals surface area contributed by atoms with Crippen molar-refractivity contribution in [3.8, 4) is 44.5 Å². The number of nitrogens with zero attached hydrogens (tertiary/aromatic N) is 1. The summed E-state index contributed by atoms with van der Waals surface area (Å²) in [5.74, 6) is 0. The Balaban J connectivity index is 0.946. The molecular weight excluding hydrogens is 899 g/mol. The van der Waals surface area contributed by atoms with Gasteiger partial charge >= 0.3 is 0 Å². The monoisotopic (exact) mass is 955 g/mol. The predicted molar refractivity (Wildman–Crippen MR) is 310 cm³/mol. The molecule has 74 heavy (non-hydrogen) atoms. The minimum absolute atomic E-state index is 0.0566. The number of rotatable bonds is 4. The van der Waals surface area contributed by atoms with Crippen molar-refractivity contribution in [2.45, 2.75) is 84.0 Å². The van der Waals surface area contributed by atoms with E-state index in [-0.39, 0.29) is 21.7 Å². The van der Waals surface area contributed by atoms with Crippen LogP contribution in [0.1, 0.15) is 101 Å². The maximum atomic E-state index is 7.01. The van der Waals surface area contributed by atoms with Gasteiger partial charge in [-0.25, -0.2) is 0 Å². The van der Waals surface area contributed by atoms with E-state index in [0.29, 0.717) is 0 Å². The topological polar surface area (TPSA) is 29.5 Å². The van der Waals surface area contributed by atoms with Gasteiger partial charge in [0.05, 0.1) is 0 Å². The van der Waals surface area contributed by atoms with Crippen LogP contribution >= 0.6 is 0 Å². The van der Waals surface area contributed by atoms with Crippen molar-refractivity contribution >= 4 is 71.7 Å². The molecular formula is C71H57NO2. The molecule has 0 fully saturated rings. The van der Waals surface area contributed by atoms with Gasteiger partial charge < -0.3 is 13.7 Å². The third kappa shape index (κ3) is 5.68. The second kappa shape index (κ2) is 14.5. The fraction of sp³-hybridized carbons (Fsp3) is 0.183. The van der Waals surface area contributed by atoms with Crippen molar-refractivity contribution in [2.24, 2.45) is 0 Å². The molecule has 0 amide bonds. The largest absolute Gasteiger partial charge is 0.455 e. The Morgan fingerprint density at radius 3 is 1.58 bits per heavy atom. The van der Waals surface area contributed by atoms with Crippen LogP contribution in [0.3, 0.4) is 0 Å². The summed E-state index contributed by atoms with van der Waals surface area (Å²) in [6.07, 6.45) is 0. The number of hydrogen-bond acceptors (Lipinski definition) is 3. The Hall–Kier alpha value is -8.14. The molecule has 15 rings (SSSR count). The van der Waals surface area contributed by atoms with Gasteiger partial charge in [-0.1, -0.05) is 190 Å². The molecule has 0 unspecified atom stereocenters. The van der Waals surface area contributed by atoms with Crippen LogP contribution in [0, 0.1) is 0 Å². The molecule has 2 heterocycles. The van der Waals surface area contributed by atoms with Crippen LogP contribution in [-0.2, 0) is 21.7 Å². The first-order valence-electron chi connectivity index (χ1n) is 26.4. The maximum absolute atomic E-state index is 7.01. The van der Waals surface area contributed by atoms with Crippen LogP contribution in [0.5, 0.6) is 0 Å². The summed E-state index contributed by atoms with van der Waals surface area (Å²) in [5, 5.41) is 7.16. The summed E-state index contributed by atoms with van der Waals surface area (Å²) >= 11 is 0. The zero-order valence-corrected chi connectivity index (χ0v) is 43.6. The van der Waals surface area contributed by atoms with Crippen molar-refractivity contribution in [1.82, 2.24) is 0 Å². The standard InChI is InChI=1S/C71H57NO2/c1-68(2,3)43-29-26-41(27-30-43)52-39-56-59(61-50-21-13-16-24-57(50)73-66(52)61)48-34-32-45(37-54(48)69(56,4)5)72(44-31-28-40-18-10-11-19-42(40)36-44)46-33-35-49-55(38-46)71(8,9)64-60(49)62-51-22-14-17-25-58(51)74-67(62)63-47-20-12-15-23-53(47)70(6,7)65(63)64/h10-39H,1-9H3. The Bertz CT molecular complexity index is 4430. The SMILES string of the molecule is CC(C)(C)c1ccc(-c2cc3c(c4c2oc2ccccc24)-c2ccc(N(c4ccc5c(c4)C(C)(C)c4c6c(c7oc8ccccc8c7c4-5)-c4ccccc4C6(C)C)c4ccc5ccccc5c4)cc2C3(C)C)cc1.